The van der Waals surface area contributed by atoms with Gasteiger partial charge in [-0.1, -0.05) is 6.07 Å². The molecule has 0 spiro atoms. The summed E-state index contributed by atoms with van der Waals surface area (Å²) < 4.78 is 19.6. The van der Waals surface area contributed by atoms with Crippen molar-refractivity contribution in [2.24, 2.45) is 0 Å². The molecule has 2 aromatic heterocycles. The number of hydrogen-bond donors (Lipinski definition) is 2. The minimum atomic E-state index is -0.352. The second-order valence-electron chi connectivity index (χ2n) is 7.86. The number of benzene rings is 1. The number of halogens is 1. The first kappa shape index (κ1) is 19.9. The maximum Gasteiger partial charge on any atom is 0.213 e. The van der Waals surface area contributed by atoms with Crippen molar-refractivity contribution in [2.75, 3.05) is 40.3 Å². The third-order valence-corrected chi connectivity index (χ3v) is 6.13. The minimum Gasteiger partial charge on any atom is -0.481 e. The van der Waals surface area contributed by atoms with Gasteiger partial charge in [0.2, 0.25) is 5.88 Å². The van der Waals surface area contributed by atoms with Crippen molar-refractivity contribution in [3.8, 4) is 17.1 Å². The van der Waals surface area contributed by atoms with E-state index in [1.807, 2.05) is 14.0 Å². The predicted octanol–water partition coefficient (Wildman–Crippen LogP) is 4.08. The van der Waals surface area contributed by atoms with Crippen LogP contribution in [0.3, 0.4) is 0 Å². The van der Waals surface area contributed by atoms with Gasteiger partial charge < -0.3 is 19.9 Å². The van der Waals surface area contributed by atoms with E-state index in [2.05, 4.69) is 38.4 Å². The topological polar surface area (TPSA) is 53.2 Å². The van der Waals surface area contributed by atoms with Gasteiger partial charge in [-0.25, -0.2) is 9.37 Å². The van der Waals surface area contributed by atoms with Crippen molar-refractivity contribution in [3.63, 3.8) is 0 Å². The van der Waals surface area contributed by atoms with Crippen LogP contribution in [0.2, 0.25) is 0 Å². The van der Waals surface area contributed by atoms with Gasteiger partial charge in [-0.3, -0.25) is 0 Å². The summed E-state index contributed by atoms with van der Waals surface area (Å²) in [7, 11) is 3.54. The molecule has 1 aliphatic rings. The Bertz CT molecular complexity index is 992. The Balaban J connectivity index is 1.60. The number of nitrogens with one attached hydrogen (secondary N) is 2. The quantitative estimate of drug-likeness (QED) is 0.659. The normalized spacial score (nSPS) is 15.9. The van der Waals surface area contributed by atoms with Gasteiger partial charge in [0.1, 0.15) is 0 Å². The van der Waals surface area contributed by atoms with E-state index >= 15 is 0 Å². The number of aryl methyl sites for hydroxylation is 1. The van der Waals surface area contributed by atoms with E-state index in [0.29, 0.717) is 17.4 Å². The van der Waals surface area contributed by atoms with Crippen LogP contribution in [0, 0.1) is 12.7 Å². The van der Waals surface area contributed by atoms with E-state index in [1.165, 1.54) is 24.6 Å². The van der Waals surface area contributed by atoms with Crippen molar-refractivity contribution in [3.05, 3.63) is 47.4 Å². The molecule has 3 aromatic rings. The molecule has 0 aliphatic carbocycles. The van der Waals surface area contributed by atoms with Crippen LogP contribution in [-0.4, -0.2) is 55.2 Å². The summed E-state index contributed by atoms with van der Waals surface area (Å²) in [5, 5.41) is 4.39. The van der Waals surface area contributed by atoms with Gasteiger partial charge in [0.15, 0.2) is 5.82 Å². The Kier molecular flexibility index (Phi) is 5.83. The number of pyridine rings is 1. The van der Waals surface area contributed by atoms with Crippen LogP contribution < -0.4 is 10.1 Å². The molecule has 0 atom stereocenters. The highest BCUT2D eigenvalue weighted by molar-refractivity contribution is 5.91. The molecular formula is C23H29FN4O. The van der Waals surface area contributed by atoms with Gasteiger partial charge in [-0.15, -0.1) is 0 Å². The summed E-state index contributed by atoms with van der Waals surface area (Å²) in [6, 6.07) is 8.29. The molecule has 6 heteroatoms. The van der Waals surface area contributed by atoms with Gasteiger partial charge in [0.25, 0.3) is 0 Å². The largest absolute Gasteiger partial charge is 0.481 e. The molecule has 5 nitrogen and oxygen atoms in total. The molecule has 0 amide bonds. The summed E-state index contributed by atoms with van der Waals surface area (Å²) in [4.78, 5) is 9.87. The predicted molar refractivity (Wildman–Crippen MR) is 115 cm³/mol. The lowest BCUT2D eigenvalue weighted by Crippen LogP contribution is -2.37. The molecule has 1 fully saturated rings. The van der Waals surface area contributed by atoms with Crippen LogP contribution >= 0.6 is 0 Å². The number of H-pyrrole nitrogens is 1. The van der Waals surface area contributed by atoms with E-state index in [0.717, 1.165) is 48.3 Å². The van der Waals surface area contributed by atoms with Crippen LogP contribution in [-0.2, 0) is 0 Å². The number of ether oxygens (including phenoxy) is 1. The fraction of sp³-hybridized carbons (Fsp3) is 0.435. The lowest BCUT2D eigenvalue weighted by molar-refractivity contribution is 0.214. The van der Waals surface area contributed by atoms with Crippen LogP contribution in [0.25, 0.3) is 22.2 Å². The van der Waals surface area contributed by atoms with Gasteiger partial charge in [-0.05, 0) is 69.1 Å². The zero-order chi connectivity index (χ0) is 20.4. The van der Waals surface area contributed by atoms with Crippen molar-refractivity contribution >= 4 is 10.9 Å². The highest BCUT2D eigenvalue weighted by Gasteiger charge is 2.21. The van der Waals surface area contributed by atoms with E-state index < -0.39 is 0 Å². The molecule has 0 radical (unpaired) electrons. The summed E-state index contributed by atoms with van der Waals surface area (Å²) in [6.07, 6.45) is 3.58. The van der Waals surface area contributed by atoms with Gasteiger partial charge >= 0.3 is 0 Å². The Morgan fingerprint density at radius 2 is 2.07 bits per heavy atom. The Morgan fingerprint density at radius 1 is 1.28 bits per heavy atom. The molecule has 154 valence electrons. The number of likely N-dealkylation sites (tertiary alicyclic amines) is 1. The maximum atomic E-state index is 14.4. The molecule has 0 unspecified atom stereocenters. The van der Waals surface area contributed by atoms with E-state index in [9.17, 15) is 4.39 Å². The molecule has 3 heterocycles. The first-order valence-electron chi connectivity index (χ1n) is 10.3. The number of methoxy groups -OCH3 is 1. The number of fused-ring (bicyclic) bond motifs is 1. The molecule has 0 bridgehead atoms. The third-order valence-electron chi connectivity index (χ3n) is 6.13. The first-order chi connectivity index (χ1) is 14.1. The number of piperidine rings is 1. The van der Waals surface area contributed by atoms with Gasteiger partial charge in [-0.2, -0.15) is 0 Å². The first-order valence-corrected chi connectivity index (χ1v) is 10.3. The van der Waals surface area contributed by atoms with Crippen molar-refractivity contribution < 1.29 is 9.13 Å². The standard InChI is InChI=1S/C23H29FN4O/c1-15-18-12-17(16-6-9-28(10-7-16)11-8-25-2)4-5-21(18)27-23(15)19-13-22(29-3)26-14-20(19)24/h4-5,12-14,16,25,27H,6-11H2,1-3H3. The molecule has 2 N–H and O–H groups in total. The average molecular weight is 397 g/mol. The SMILES string of the molecule is CNCCN1CCC(c2ccc3[nH]c(-c4cc(OC)ncc4F)c(C)c3c2)CC1. The van der Waals surface area contributed by atoms with Crippen molar-refractivity contribution in [2.45, 2.75) is 25.7 Å². The van der Waals surface area contributed by atoms with Crippen molar-refractivity contribution in [1.82, 2.24) is 20.2 Å². The van der Waals surface area contributed by atoms with Crippen LogP contribution in [0.4, 0.5) is 4.39 Å². The van der Waals surface area contributed by atoms with Crippen LogP contribution in [0.5, 0.6) is 5.88 Å². The van der Waals surface area contributed by atoms with Crippen LogP contribution in [0.1, 0.15) is 29.9 Å². The molecule has 0 saturated carbocycles. The summed E-state index contributed by atoms with van der Waals surface area (Å²) >= 11 is 0. The third kappa shape index (κ3) is 4.00. The average Bonchev–Trinajstić information content (AvgIpc) is 3.09. The smallest absolute Gasteiger partial charge is 0.213 e. The number of nitrogens with zero attached hydrogens (tertiary/aromatic N) is 2. The van der Waals surface area contributed by atoms with Gasteiger partial charge in [0, 0.05) is 35.6 Å². The summed E-state index contributed by atoms with van der Waals surface area (Å²) in [5.74, 6) is 0.639. The molecular weight excluding hydrogens is 367 g/mol. The van der Waals surface area contributed by atoms with E-state index in [-0.39, 0.29) is 5.82 Å². The number of likely N-dealkylation sites (N-methyl/N-ethyl adjacent to an activating group) is 1. The molecule has 1 aromatic carbocycles. The fourth-order valence-electron chi connectivity index (χ4n) is 4.35. The Labute approximate surface area is 171 Å². The lowest BCUT2D eigenvalue weighted by Gasteiger charge is -2.32. The molecule has 4 rings (SSSR count). The number of aromatic amines is 1. The Morgan fingerprint density at radius 3 is 2.79 bits per heavy atom. The highest BCUT2D eigenvalue weighted by Crippen LogP contribution is 2.35. The summed E-state index contributed by atoms with van der Waals surface area (Å²) in [5.41, 5.74) is 4.75. The fourth-order valence-corrected chi connectivity index (χ4v) is 4.35. The second-order valence-corrected chi connectivity index (χ2v) is 7.86. The second kappa shape index (κ2) is 8.51. The zero-order valence-corrected chi connectivity index (χ0v) is 17.4. The number of rotatable bonds is 6. The van der Waals surface area contributed by atoms with Gasteiger partial charge in [0.05, 0.1) is 19.0 Å². The van der Waals surface area contributed by atoms with E-state index in [4.69, 9.17) is 4.74 Å². The van der Waals surface area contributed by atoms with Crippen molar-refractivity contribution in [1.29, 1.82) is 0 Å². The minimum absolute atomic E-state index is 0.352. The monoisotopic (exact) mass is 396 g/mol. The molecule has 29 heavy (non-hydrogen) atoms. The van der Waals surface area contributed by atoms with Crippen LogP contribution in [0.15, 0.2) is 30.5 Å². The highest BCUT2D eigenvalue weighted by atomic mass is 19.1. The lowest BCUT2D eigenvalue weighted by atomic mass is 9.88. The Hall–Kier alpha value is -2.44. The van der Waals surface area contributed by atoms with E-state index in [1.54, 1.807) is 13.2 Å². The summed E-state index contributed by atoms with van der Waals surface area (Å²) in [6.45, 7) is 6.49. The number of aromatic nitrogens is 2. The molecule has 1 saturated heterocycles. The zero-order valence-electron chi connectivity index (χ0n) is 17.4. The molecule has 1 aliphatic heterocycles. The number of hydrogen-bond acceptors (Lipinski definition) is 4. The maximum absolute atomic E-state index is 14.4.